The number of benzene rings is 2. The Morgan fingerprint density at radius 1 is 1.15 bits per heavy atom. The smallest absolute Gasteiger partial charge is 0.507 e. The normalized spacial score (nSPS) is 11.7. The molecule has 6 heteroatoms. The number of aryl methyl sites for hydroxylation is 2. The highest BCUT2D eigenvalue weighted by atomic mass is 16.8. The molecule has 2 aromatic carbocycles. The summed E-state index contributed by atoms with van der Waals surface area (Å²) < 4.78 is 21.1. The maximum absolute atomic E-state index is 11.9. The summed E-state index contributed by atoms with van der Waals surface area (Å²) >= 11 is 0. The number of allylic oxidation sites excluding steroid dienone is 1. The van der Waals surface area contributed by atoms with Crippen LogP contribution in [0, 0.1) is 6.92 Å². The highest BCUT2D eigenvalue weighted by Gasteiger charge is 2.21. The largest absolute Gasteiger partial charge is 0.511 e. The van der Waals surface area contributed by atoms with Crippen molar-refractivity contribution in [2.75, 3.05) is 20.3 Å². The Kier molecular flexibility index (Phi) is 10.3. The molecule has 0 aliphatic rings. The van der Waals surface area contributed by atoms with E-state index in [4.69, 9.17) is 18.9 Å². The van der Waals surface area contributed by atoms with Crippen LogP contribution in [0.1, 0.15) is 56.7 Å². The number of unbranched alkanes of at least 4 members (excludes halogenated alkanes) is 2. The molecule has 0 heterocycles. The van der Waals surface area contributed by atoms with Crippen molar-refractivity contribution in [1.29, 1.82) is 0 Å². The number of phenolic OH excluding ortho intramolecular Hbond substituents is 1. The average Bonchev–Trinajstić information content (AvgIpc) is 2.73. The summed E-state index contributed by atoms with van der Waals surface area (Å²) in [5, 5.41) is 11.1. The Hall–Kier alpha value is -2.99. The molecular weight excluding hydrogens is 420 g/mol. The Balaban J connectivity index is 2.42. The molecule has 0 aromatic heterocycles. The Morgan fingerprint density at radius 2 is 1.91 bits per heavy atom. The Labute approximate surface area is 197 Å². The van der Waals surface area contributed by atoms with Crippen LogP contribution in [0.4, 0.5) is 4.79 Å². The second-order valence-corrected chi connectivity index (χ2v) is 8.17. The van der Waals surface area contributed by atoms with E-state index in [2.05, 4.69) is 13.5 Å². The first-order valence-electron chi connectivity index (χ1n) is 11.4. The second kappa shape index (κ2) is 12.9. The minimum atomic E-state index is -0.929. The lowest BCUT2D eigenvalue weighted by Gasteiger charge is -2.21. The molecule has 0 amide bonds. The fourth-order valence-corrected chi connectivity index (χ4v) is 3.56. The molecule has 2 rings (SSSR count). The summed E-state index contributed by atoms with van der Waals surface area (Å²) in [7, 11) is 1.52. The van der Waals surface area contributed by atoms with Gasteiger partial charge in [-0.25, -0.2) is 4.79 Å². The molecular formula is C27H36O6. The summed E-state index contributed by atoms with van der Waals surface area (Å²) in [6.45, 7) is 12.1. The lowest BCUT2D eigenvalue weighted by Crippen LogP contribution is -2.23. The van der Waals surface area contributed by atoms with Crippen LogP contribution in [0.2, 0.25) is 0 Å². The van der Waals surface area contributed by atoms with Gasteiger partial charge >= 0.3 is 6.16 Å². The molecule has 1 N–H and O–H groups in total. The zero-order valence-electron chi connectivity index (χ0n) is 20.4. The van der Waals surface area contributed by atoms with E-state index in [-0.39, 0.29) is 19.0 Å². The standard InChI is InChI=1S/C27H36O6/c1-7-8-9-10-21-16-24(28)26(23-15-19(4)11-12-22(23)18(2)3)25(17-21)32-20(5)33-27(29)31-14-13-30-6/h11-12,15-17,20,28H,2,7-10,13-14H2,1,3-6H3. The molecule has 0 aliphatic heterocycles. The molecule has 1 unspecified atom stereocenters. The van der Waals surface area contributed by atoms with E-state index in [0.717, 1.165) is 53.5 Å². The lowest BCUT2D eigenvalue weighted by atomic mass is 9.91. The average molecular weight is 457 g/mol. The minimum absolute atomic E-state index is 0.0896. The minimum Gasteiger partial charge on any atom is -0.507 e. The molecule has 2 aromatic rings. The number of hydrogen-bond donors (Lipinski definition) is 1. The van der Waals surface area contributed by atoms with Gasteiger partial charge < -0.3 is 24.1 Å². The van der Waals surface area contributed by atoms with Crippen molar-refractivity contribution in [3.8, 4) is 22.6 Å². The fraction of sp³-hybridized carbons (Fsp3) is 0.444. The molecule has 0 saturated heterocycles. The molecule has 1 atom stereocenters. The van der Waals surface area contributed by atoms with Gasteiger partial charge in [0.2, 0.25) is 6.29 Å². The summed E-state index contributed by atoms with van der Waals surface area (Å²) in [6, 6.07) is 9.68. The molecule has 0 saturated carbocycles. The molecule has 0 bridgehead atoms. The zero-order valence-corrected chi connectivity index (χ0v) is 20.4. The monoisotopic (exact) mass is 456 g/mol. The van der Waals surface area contributed by atoms with Gasteiger partial charge in [0.15, 0.2) is 0 Å². The van der Waals surface area contributed by atoms with E-state index in [9.17, 15) is 9.90 Å². The number of rotatable bonds is 12. The highest BCUT2D eigenvalue weighted by Crippen LogP contribution is 2.43. The predicted octanol–water partition coefficient (Wildman–Crippen LogP) is 6.66. The van der Waals surface area contributed by atoms with Crippen molar-refractivity contribution in [2.45, 2.75) is 59.7 Å². The van der Waals surface area contributed by atoms with E-state index in [1.165, 1.54) is 7.11 Å². The van der Waals surface area contributed by atoms with Crippen LogP contribution in [-0.4, -0.2) is 37.9 Å². The SMILES string of the molecule is C=C(C)c1ccc(C)cc1-c1c(O)cc(CCCCC)cc1OC(C)OC(=O)OCCOC. The first-order chi connectivity index (χ1) is 15.8. The van der Waals surface area contributed by atoms with Crippen LogP contribution < -0.4 is 4.74 Å². The predicted molar refractivity (Wildman–Crippen MR) is 131 cm³/mol. The van der Waals surface area contributed by atoms with Crippen molar-refractivity contribution in [3.63, 3.8) is 0 Å². The first kappa shape index (κ1) is 26.3. The number of carbonyl (C=O) groups is 1. The third-order valence-corrected chi connectivity index (χ3v) is 5.18. The first-order valence-corrected chi connectivity index (χ1v) is 11.4. The van der Waals surface area contributed by atoms with E-state index in [1.54, 1.807) is 13.0 Å². The number of hydrogen-bond acceptors (Lipinski definition) is 6. The number of carbonyl (C=O) groups excluding carboxylic acids is 1. The summed E-state index contributed by atoms with van der Waals surface area (Å²) in [5.41, 5.74) is 5.13. The van der Waals surface area contributed by atoms with Gasteiger partial charge in [-0.3, -0.25) is 0 Å². The molecule has 0 aliphatic carbocycles. The topological polar surface area (TPSA) is 74.2 Å². The van der Waals surface area contributed by atoms with Crippen molar-refractivity contribution in [2.24, 2.45) is 0 Å². The summed E-state index contributed by atoms with van der Waals surface area (Å²) in [4.78, 5) is 11.9. The van der Waals surface area contributed by atoms with Crippen LogP contribution in [0.25, 0.3) is 16.7 Å². The Morgan fingerprint density at radius 3 is 2.58 bits per heavy atom. The highest BCUT2D eigenvalue weighted by molar-refractivity contribution is 5.86. The van der Waals surface area contributed by atoms with Gasteiger partial charge in [-0.1, -0.05) is 55.7 Å². The Bertz CT molecular complexity index is 950. The van der Waals surface area contributed by atoms with Gasteiger partial charge in [-0.05, 0) is 55.5 Å². The van der Waals surface area contributed by atoms with Gasteiger partial charge in [-0.15, -0.1) is 0 Å². The second-order valence-electron chi connectivity index (χ2n) is 8.17. The molecule has 180 valence electrons. The van der Waals surface area contributed by atoms with Crippen molar-refractivity contribution < 1.29 is 28.8 Å². The van der Waals surface area contributed by atoms with Crippen LogP contribution in [0.3, 0.4) is 0 Å². The number of phenols is 1. The lowest BCUT2D eigenvalue weighted by molar-refractivity contribution is -0.0566. The number of methoxy groups -OCH3 is 1. The molecule has 0 radical (unpaired) electrons. The van der Waals surface area contributed by atoms with Crippen molar-refractivity contribution in [3.05, 3.63) is 53.6 Å². The summed E-state index contributed by atoms with van der Waals surface area (Å²) in [5.74, 6) is 0.550. The van der Waals surface area contributed by atoms with Gasteiger partial charge in [0.25, 0.3) is 0 Å². The zero-order chi connectivity index (χ0) is 24.4. The fourth-order valence-electron chi connectivity index (χ4n) is 3.56. The van der Waals surface area contributed by atoms with Crippen LogP contribution in [-0.2, 0) is 20.6 Å². The number of ether oxygens (including phenoxy) is 4. The van der Waals surface area contributed by atoms with Crippen molar-refractivity contribution in [1.82, 2.24) is 0 Å². The van der Waals surface area contributed by atoms with E-state index >= 15 is 0 Å². The third-order valence-electron chi connectivity index (χ3n) is 5.18. The van der Waals surface area contributed by atoms with Gasteiger partial charge in [0.05, 0.1) is 12.2 Å². The van der Waals surface area contributed by atoms with Crippen molar-refractivity contribution >= 4 is 11.7 Å². The van der Waals surface area contributed by atoms with Gasteiger partial charge in [0, 0.05) is 14.0 Å². The van der Waals surface area contributed by atoms with Crippen LogP contribution >= 0.6 is 0 Å². The molecule has 0 fully saturated rings. The summed E-state index contributed by atoms with van der Waals surface area (Å²) in [6.07, 6.45) is 2.25. The van der Waals surface area contributed by atoms with Gasteiger partial charge in [-0.2, -0.15) is 0 Å². The molecule has 6 nitrogen and oxygen atoms in total. The van der Waals surface area contributed by atoms with E-state index in [1.807, 2.05) is 38.1 Å². The van der Waals surface area contributed by atoms with Crippen LogP contribution in [0.5, 0.6) is 11.5 Å². The van der Waals surface area contributed by atoms with Gasteiger partial charge in [0.1, 0.15) is 18.1 Å². The quantitative estimate of drug-likeness (QED) is 0.219. The number of aromatic hydroxyl groups is 1. The maximum Gasteiger partial charge on any atom is 0.511 e. The third kappa shape index (κ3) is 7.82. The van der Waals surface area contributed by atoms with E-state index in [0.29, 0.717) is 11.3 Å². The molecule has 0 spiro atoms. The maximum atomic E-state index is 11.9. The van der Waals surface area contributed by atoms with E-state index < -0.39 is 12.4 Å². The van der Waals surface area contributed by atoms with Crippen LogP contribution in [0.15, 0.2) is 36.9 Å². The molecule has 33 heavy (non-hydrogen) atoms.